The van der Waals surface area contributed by atoms with Gasteiger partial charge in [-0.1, -0.05) is 25.5 Å². The molecule has 1 aromatic rings. The molecule has 104 valence electrons. The van der Waals surface area contributed by atoms with Gasteiger partial charge in [0, 0.05) is 12.2 Å². The van der Waals surface area contributed by atoms with Crippen LogP contribution >= 0.6 is 0 Å². The zero-order valence-electron chi connectivity index (χ0n) is 12.0. The molecule has 3 heteroatoms. The van der Waals surface area contributed by atoms with Crippen molar-refractivity contribution in [3.05, 3.63) is 29.8 Å². The van der Waals surface area contributed by atoms with E-state index in [9.17, 15) is 4.79 Å². The number of likely N-dealkylation sites (N-methyl/N-ethyl adjacent to an activating group) is 1. The van der Waals surface area contributed by atoms with Crippen LogP contribution in [0.4, 0.5) is 5.69 Å². The van der Waals surface area contributed by atoms with Gasteiger partial charge in [0.05, 0.1) is 6.04 Å². The number of hydrogen-bond donors (Lipinski definition) is 1. The topological polar surface area (TPSA) is 32.3 Å². The van der Waals surface area contributed by atoms with Gasteiger partial charge in [0.25, 0.3) is 0 Å². The fourth-order valence-electron chi connectivity index (χ4n) is 2.62. The second-order valence-electron chi connectivity index (χ2n) is 5.24. The van der Waals surface area contributed by atoms with Gasteiger partial charge in [-0.25, -0.2) is 0 Å². The predicted octanol–water partition coefficient (Wildman–Crippen LogP) is 2.74. The van der Waals surface area contributed by atoms with E-state index in [4.69, 9.17) is 0 Å². The first kappa shape index (κ1) is 14.1. The van der Waals surface area contributed by atoms with Crippen LogP contribution in [-0.4, -0.2) is 25.5 Å². The summed E-state index contributed by atoms with van der Waals surface area (Å²) in [5.41, 5.74) is 2.39. The molecule has 0 aromatic heterocycles. The number of aryl methyl sites for hydroxylation is 1. The molecule has 1 saturated heterocycles. The van der Waals surface area contributed by atoms with Gasteiger partial charge in [-0.05, 0) is 50.4 Å². The summed E-state index contributed by atoms with van der Waals surface area (Å²) in [5.74, 6) is 0.204. The molecule has 1 atom stereocenters. The first-order valence-electron chi connectivity index (χ1n) is 7.34. The van der Waals surface area contributed by atoms with E-state index < -0.39 is 0 Å². The third-order valence-corrected chi connectivity index (χ3v) is 3.85. The number of nitrogens with zero attached hydrogens (tertiary/aromatic N) is 1. The summed E-state index contributed by atoms with van der Waals surface area (Å²) in [4.78, 5) is 14.2. The number of nitrogens with one attached hydrogen (secondary N) is 1. The summed E-state index contributed by atoms with van der Waals surface area (Å²) in [6, 6.07) is 8.46. The largest absolute Gasteiger partial charge is 0.311 e. The van der Waals surface area contributed by atoms with Gasteiger partial charge in [0.2, 0.25) is 5.91 Å². The van der Waals surface area contributed by atoms with E-state index in [-0.39, 0.29) is 11.9 Å². The van der Waals surface area contributed by atoms with Crippen molar-refractivity contribution in [2.24, 2.45) is 0 Å². The molecule has 1 aromatic carbocycles. The molecule has 0 radical (unpaired) electrons. The van der Waals surface area contributed by atoms with Crippen LogP contribution in [0.3, 0.4) is 0 Å². The lowest BCUT2D eigenvalue weighted by molar-refractivity contribution is -0.121. The Bertz CT molecular complexity index is 413. The quantitative estimate of drug-likeness (QED) is 0.883. The molecule has 0 saturated carbocycles. The van der Waals surface area contributed by atoms with E-state index >= 15 is 0 Å². The molecule has 1 aliphatic heterocycles. The van der Waals surface area contributed by atoms with E-state index in [0.717, 1.165) is 31.5 Å². The monoisotopic (exact) mass is 260 g/mol. The summed E-state index contributed by atoms with van der Waals surface area (Å²) in [6.45, 7) is 3.05. The molecule has 0 bridgehead atoms. The molecule has 1 fully saturated rings. The Balaban J connectivity index is 2.06. The first-order valence-corrected chi connectivity index (χ1v) is 7.34. The summed E-state index contributed by atoms with van der Waals surface area (Å²) in [5, 5.41) is 3.10. The Hall–Kier alpha value is -1.35. The first-order chi connectivity index (χ1) is 9.26. The van der Waals surface area contributed by atoms with Crippen LogP contribution in [0.15, 0.2) is 24.3 Å². The van der Waals surface area contributed by atoms with E-state index in [1.54, 1.807) is 0 Å². The van der Waals surface area contributed by atoms with Crippen molar-refractivity contribution in [1.29, 1.82) is 0 Å². The molecule has 3 nitrogen and oxygen atoms in total. The molecule has 1 aliphatic rings. The minimum atomic E-state index is -0.0199. The van der Waals surface area contributed by atoms with Crippen LogP contribution < -0.4 is 10.2 Å². The third kappa shape index (κ3) is 3.35. The van der Waals surface area contributed by atoms with Crippen molar-refractivity contribution in [1.82, 2.24) is 5.32 Å². The van der Waals surface area contributed by atoms with E-state index in [1.165, 1.54) is 18.4 Å². The molecule has 1 amide bonds. The number of anilines is 1. The number of carbonyl (C=O) groups excluding carboxylic acids is 1. The van der Waals surface area contributed by atoms with E-state index in [0.29, 0.717) is 0 Å². The summed E-state index contributed by atoms with van der Waals surface area (Å²) in [6.07, 6.45) is 5.58. The molecular formula is C16H24N2O. The third-order valence-electron chi connectivity index (χ3n) is 3.85. The summed E-state index contributed by atoms with van der Waals surface area (Å²) < 4.78 is 0. The fourth-order valence-corrected chi connectivity index (χ4v) is 2.62. The van der Waals surface area contributed by atoms with Crippen molar-refractivity contribution in [2.45, 2.75) is 45.1 Å². The average Bonchev–Trinajstić information content (AvgIpc) is 2.46. The highest BCUT2D eigenvalue weighted by atomic mass is 16.2. The van der Waals surface area contributed by atoms with Crippen LogP contribution in [-0.2, 0) is 11.2 Å². The second-order valence-corrected chi connectivity index (χ2v) is 5.24. The highest BCUT2D eigenvalue weighted by molar-refractivity contribution is 5.97. The number of benzene rings is 1. The van der Waals surface area contributed by atoms with Crippen LogP contribution in [0, 0.1) is 0 Å². The number of amides is 1. The number of carbonyl (C=O) groups is 1. The molecule has 0 spiro atoms. The van der Waals surface area contributed by atoms with Gasteiger partial charge < -0.3 is 10.2 Å². The van der Waals surface area contributed by atoms with Crippen LogP contribution in [0.1, 0.15) is 38.2 Å². The number of rotatable bonds is 5. The van der Waals surface area contributed by atoms with Crippen molar-refractivity contribution < 1.29 is 4.79 Å². The Morgan fingerprint density at radius 1 is 1.32 bits per heavy atom. The lowest BCUT2D eigenvalue weighted by atomic mass is 10.0. The van der Waals surface area contributed by atoms with Crippen molar-refractivity contribution >= 4 is 11.6 Å². The highest BCUT2D eigenvalue weighted by Crippen LogP contribution is 2.22. The molecule has 1 unspecified atom stereocenters. The zero-order valence-corrected chi connectivity index (χ0v) is 12.0. The molecule has 2 rings (SSSR count). The van der Waals surface area contributed by atoms with Crippen molar-refractivity contribution in [3.63, 3.8) is 0 Å². The fraction of sp³-hybridized carbons (Fsp3) is 0.562. The number of hydrogen-bond acceptors (Lipinski definition) is 2. The van der Waals surface area contributed by atoms with Gasteiger partial charge in [-0.3, -0.25) is 4.79 Å². The summed E-state index contributed by atoms with van der Waals surface area (Å²) in [7, 11) is 1.86. The van der Waals surface area contributed by atoms with Gasteiger partial charge >= 0.3 is 0 Å². The van der Waals surface area contributed by atoms with Gasteiger partial charge in [0.1, 0.15) is 0 Å². The normalized spacial score (nSPS) is 19.8. The SMILES string of the molecule is CCCCc1ccc(N2CCCC(NC)C2=O)cc1. The minimum absolute atomic E-state index is 0.0199. The van der Waals surface area contributed by atoms with Crippen molar-refractivity contribution in [3.8, 4) is 0 Å². The van der Waals surface area contributed by atoms with Gasteiger partial charge in [-0.15, -0.1) is 0 Å². The zero-order chi connectivity index (χ0) is 13.7. The lowest BCUT2D eigenvalue weighted by Gasteiger charge is -2.32. The molecule has 19 heavy (non-hydrogen) atoms. The Labute approximate surface area is 116 Å². The minimum Gasteiger partial charge on any atom is -0.311 e. The van der Waals surface area contributed by atoms with E-state index in [2.05, 4.69) is 36.5 Å². The Morgan fingerprint density at radius 2 is 2.05 bits per heavy atom. The van der Waals surface area contributed by atoms with Crippen molar-refractivity contribution in [2.75, 3.05) is 18.5 Å². The smallest absolute Gasteiger partial charge is 0.244 e. The lowest BCUT2D eigenvalue weighted by Crippen LogP contribution is -2.49. The molecule has 1 heterocycles. The maximum Gasteiger partial charge on any atom is 0.244 e. The van der Waals surface area contributed by atoms with Crippen LogP contribution in [0.2, 0.25) is 0 Å². The van der Waals surface area contributed by atoms with Crippen LogP contribution in [0.5, 0.6) is 0 Å². The number of piperidine rings is 1. The standard InChI is InChI=1S/C16H24N2O/c1-3-4-6-13-8-10-14(11-9-13)18-12-5-7-15(17-2)16(18)19/h8-11,15,17H,3-7,12H2,1-2H3. The molecular weight excluding hydrogens is 236 g/mol. The molecule has 0 aliphatic carbocycles. The van der Waals surface area contributed by atoms with Gasteiger partial charge in [-0.2, -0.15) is 0 Å². The average molecular weight is 260 g/mol. The second kappa shape index (κ2) is 6.71. The maximum atomic E-state index is 12.3. The van der Waals surface area contributed by atoms with E-state index in [1.807, 2.05) is 11.9 Å². The van der Waals surface area contributed by atoms with Crippen LogP contribution in [0.25, 0.3) is 0 Å². The highest BCUT2D eigenvalue weighted by Gasteiger charge is 2.28. The predicted molar refractivity (Wildman–Crippen MR) is 79.5 cm³/mol. The maximum absolute atomic E-state index is 12.3. The van der Waals surface area contributed by atoms with Gasteiger partial charge in [0.15, 0.2) is 0 Å². The Kier molecular flexibility index (Phi) is 4.97. The number of unbranched alkanes of at least 4 members (excludes halogenated alkanes) is 1. The summed E-state index contributed by atoms with van der Waals surface area (Å²) >= 11 is 0. The molecule has 1 N–H and O–H groups in total. The Morgan fingerprint density at radius 3 is 2.68 bits per heavy atom.